The van der Waals surface area contributed by atoms with E-state index in [0.29, 0.717) is 0 Å². The number of nitrogens with two attached hydrogens (primary N) is 1. The molecule has 0 fully saturated rings. The highest BCUT2D eigenvalue weighted by atomic mass is 35.5. The molecule has 0 heterocycles. The van der Waals surface area contributed by atoms with E-state index in [-0.39, 0.29) is 6.04 Å². The van der Waals surface area contributed by atoms with Gasteiger partial charge in [0.05, 0.1) is 0 Å². The van der Waals surface area contributed by atoms with Crippen molar-refractivity contribution in [1.29, 1.82) is 0 Å². The molecule has 0 aliphatic rings. The van der Waals surface area contributed by atoms with Gasteiger partial charge in [0.25, 0.3) is 0 Å². The molecular formula is C17H20ClNO. The van der Waals surface area contributed by atoms with Crippen LogP contribution in [0.1, 0.15) is 24.5 Å². The number of hydrogen-bond acceptors (Lipinski definition) is 2. The zero-order valence-corrected chi connectivity index (χ0v) is 12.7. The van der Waals surface area contributed by atoms with Crippen molar-refractivity contribution in [1.82, 2.24) is 0 Å². The number of rotatable bonds is 5. The van der Waals surface area contributed by atoms with E-state index in [1.54, 1.807) is 0 Å². The number of benzene rings is 2. The van der Waals surface area contributed by atoms with Gasteiger partial charge < -0.3 is 10.5 Å². The number of hydrogen-bond donors (Lipinski definition) is 1. The van der Waals surface area contributed by atoms with E-state index in [2.05, 4.69) is 13.0 Å². The summed E-state index contributed by atoms with van der Waals surface area (Å²) in [4.78, 5) is 0. The average molecular weight is 290 g/mol. The van der Waals surface area contributed by atoms with Crippen LogP contribution < -0.4 is 10.5 Å². The summed E-state index contributed by atoms with van der Waals surface area (Å²) in [5, 5.41) is 0.719. The van der Waals surface area contributed by atoms with Gasteiger partial charge in [-0.1, -0.05) is 36.7 Å². The Bertz CT molecular complexity index is 583. The minimum absolute atomic E-state index is 0.158. The fourth-order valence-electron chi connectivity index (χ4n) is 2.04. The van der Waals surface area contributed by atoms with Crippen molar-refractivity contribution in [3.8, 4) is 11.5 Å². The molecule has 1 atom stereocenters. The second-order valence-electron chi connectivity index (χ2n) is 4.99. The molecule has 0 aromatic heterocycles. The maximum Gasteiger partial charge on any atom is 0.130 e. The summed E-state index contributed by atoms with van der Waals surface area (Å²) in [7, 11) is 0. The maximum atomic E-state index is 6.04. The van der Waals surface area contributed by atoms with Crippen LogP contribution in [0, 0.1) is 6.92 Å². The van der Waals surface area contributed by atoms with Crippen LogP contribution in [0.15, 0.2) is 42.5 Å². The Labute approximate surface area is 125 Å². The smallest absolute Gasteiger partial charge is 0.130 e. The highest BCUT2D eigenvalue weighted by Gasteiger charge is 2.09. The van der Waals surface area contributed by atoms with E-state index < -0.39 is 0 Å². The number of aryl methyl sites for hydroxylation is 1. The molecule has 2 N–H and O–H groups in total. The fraction of sp³-hybridized carbons (Fsp3) is 0.294. The first-order valence-corrected chi connectivity index (χ1v) is 7.25. The summed E-state index contributed by atoms with van der Waals surface area (Å²) in [6.45, 7) is 4.08. The van der Waals surface area contributed by atoms with Crippen LogP contribution in [-0.2, 0) is 6.42 Å². The summed E-state index contributed by atoms with van der Waals surface area (Å²) < 4.78 is 6.03. The molecule has 0 radical (unpaired) electrons. The maximum absolute atomic E-state index is 6.04. The molecule has 0 aliphatic carbocycles. The summed E-state index contributed by atoms with van der Waals surface area (Å²) in [5.41, 5.74) is 8.20. The molecule has 0 aliphatic heterocycles. The molecule has 2 aromatic carbocycles. The molecule has 2 rings (SSSR count). The Kier molecular flexibility index (Phi) is 5.05. The standard InChI is InChI=1S/C17H20ClNO/c1-3-15(19)11-13-6-4-5-7-17(13)20-16-9-8-14(18)10-12(16)2/h4-10,15H,3,11,19H2,1-2H3. The van der Waals surface area contributed by atoms with Crippen LogP contribution >= 0.6 is 11.6 Å². The van der Waals surface area contributed by atoms with Crippen molar-refractivity contribution in [3.63, 3.8) is 0 Å². The van der Waals surface area contributed by atoms with Crippen LogP contribution in [0.25, 0.3) is 0 Å². The largest absolute Gasteiger partial charge is 0.457 e. The van der Waals surface area contributed by atoms with Gasteiger partial charge in [-0.25, -0.2) is 0 Å². The van der Waals surface area contributed by atoms with Crippen LogP contribution in [0.5, 0.6) is 11.5 Å². The quantitative estimate of drug-likeness (QED) is 0.864. The predicted octanol–water partition coefficient (Wildman–Crippen LogP) is 4.72. The van der Waals surface area contributed by atoms with Gasteiger partial charge in [-0.15, -0.1) is 0 Å². The monoisotopic (exact) mass is 289 g/mol. The van der Waals surface area contributed by atoms with E-state index >= 15 is 0 Å². The first-order chi connectivity index (χ1) is 9.60. The summed E-state index contributed by atoms with van der Waals surface area (Å²) in [5.74, 6) is 1.69. The Morgan fingerprint density at radius 2 is 1.90 bits per heavy atom. The highest BCUT2D eigenvalue weighted by Crippen LogP contribution is 2.30. The molecule has 2 aromatic rings. The molecule has 3 heteroatoms. The third-order valence-corrected chi connectivity index (χ3v) is 3.57. The van der Waals surface area contributed by atoms with Crippen molar-refractivity contribution >= 4 is 11.6 Å². The van der Waals surface area contributed by atoms with Gasteiger partial charge in [0.2, 0.25) is 0 Å². The molecule has 0 spiro atoms. The van der Waals surface area contributed by atoms with Gasteiger partial charge in [0.1, 0.15) is 11.5 Å². The van der Waals surface area contributed by atoms with Gasteiger partial charge in [0.15, 0.2) is 0 Å². The lowest BCUT2D eigenvalue weighted by Crippen LogP contribution is -2.21. The topological polar surface area (TPSA) is 35.2 Å². The molecule has 2 nitrogen and oxygen atoms in total. The SMILES string of the molecule is CCC(N)Cc1ccccc1Oc1ccc(Cl)cc1C. The third-order valence-electron chi connectivity index (χ3n) is 3.34. The van der Waals surface area contributed by atoms with Crippen molar-refractivity contribution in [3.05, 3.63) is 58.6 Å². The van der Waals surface area contributed by atoms with Crippen LogP contribution in [0.2, 0.25) is 5.02 Å². The fourth-order valence-corrected chi connectivity index (χ4v) is 2.27. The summed E-state index contributed by atoms with van der Waals surface area (Å²) in [6, 6.07) is 13.8. The number of para-hydroxylation sites is 1. The summed E-state index contributed by atoms with van der Waals surface area (Å²) >= 11 is 5.97. The molecule has 106 valence electrons. The van der Waals surface area contributed by atoms with Gasteiger partial charge in [-0.05, 0) is 55.2 Å². The molecule has 0 bridgehead atoms. The first-order valence-electron chi connectivity index (χ1n) is 6.87. The van der Waals surface area contributed by atoms with E-state index in [1.165, 1.54) is 0 Å². The number of halogens is 1. The van der Waals surface area contributed by atoms with Crippen molar-refractivity contribution in [2.24, 2.45) is 5.73 Å². The Balaban J connectivity index is 2.24. The van der Waals surface area contributed by atoms with E-state index in [4.69, 9.17) is 22.1 Å². The molecule has 0 amide bonds. The average Bonchev–Trinajstić information content (AvgIpc) is 2.43. The lowest BCUT2D eigenvalue weighted by atomic mass is 10.0. The van der Waals surface area contributed by atoms with Crippen molar-refractivity contribution in [2.75, 3.05) is 0 Å². The molecule has 20 heavy (non-hydrogen) atoms. The lowest BCUT2D eigenvalue weighted by molar-refractivity contribution is 0.468. The van der Waals surface area contributed by atoms with Crippen LogP contribution in [-0.4, -0.2) is 6.04 Å². The van der Waals surface area contributed by atoms with Gasteiger partial charge in [0, 0.05) is 11.1 Å². The number of ether oxygens (including phenoxy) is 1. The zero-order chi connectivity index (χ0) is 14.5. The van der Waals surface area contributed by atoms with Gasteiger partial charge in [-0.2, -0.15) is 0 Å². The van der Waals surface area contributed by atoms with Crippen molar-refractivity contribution in [2.45, 2.75) is 32.7 Å². The third kappa shape index (κ3) is 3.75. The molecule has 0 saturated heterocycles. The first kappa shape index (κ1) is 14.9. The predicted molar refractivity (Wildman–Crippen MR) is 84.7 cm³/mol. The highest BCUT2D eigenvalue weighted by molar-refractivity contribution is 6.30. The normalized spacial score (nSPS) is 12.2. The van der Waals surface area contributed by atoms with Crippen molar-refractivity contribution < 1.29 is 4.74 Å². The van der Waals surface area contributed by atoms with Crippen LogP contribution in [0.3, 0.4) is 0 Å². The van der Waals surface area contributed by atoms with E-state index in [1.807, 2.05) is 43.3 Å². The minimum Gasteiger partial charge on any atom is -0.457 e. The molecule has 1 unspecified atom stereocenters. The Morgan fingerprint density at radius 1 is 1.15 bits per heavy atom. The van der Waals surface area contributed by atoms with Gasteiger partial charge in [-0.3, -0.25) is 0 Å². The minimum atomic E-state index is 0.158. The van der Waals surface area contributed by atoms with E-state index in [9.17, 15) is 0 Å². The van der Waals surface area contributed by atoms with E-state index in [0.717, 1.165) is 40.5 Å². The second-order valence-corrected chi connectivity index (χ2v) is 5.43. The zero-order valence-electron chi connectivity index (χ0n) is 11.9. The van der Waals surface area contributed by atoms with Crippen LogP contribution in [0.4, 0.5) is 0 Å². The lowest BCUT2D eigenvalue weighted by Gasteiger charge is -2.15. The summed E-state index contributed by atoms with van der Waals surface area (Å²) in [6.07, 6.45) is 1.77. The second kappa shape index (κ2) is 6.78. The molecule has 0 saturated carbocycles. The Hall–Kier alpha value is -1.51. The molecular weight excluding hydrogens is 270 g/mol. The Morgan fingerprint density at radius 3 is 2.60 bits per heavy atom. The van der Waals surface area contributed by atoms with Gasteiger partial charge >= 0.3 is 0 Å².